The number of carbonyl (C=O) groups is 3. The van der Waals surface area contributed by atoms with Crippen LogP contribution in [0.15, 0.2) is 42.5 Å². The molecular weight excluding hydrogens is 344 g/mol. The van der Waals surface area contributed by atoms with E-state index in [9.17, 15) is 14.4 Å². The third kappa shape index (κ3) is 3.30. The molecule has 138 valence electrons. The monoisotopic (exact) mass is 364 g/mol. The van der Waals surface area contributed by atoms with Gasteiger partial charge in [-0.1, -0.05) is 24.3 Å². The van der Waals surface area contributed by atoms with E-state index in [0.717, 1.165) is 22.6 Å². The minimum Gasteiger partial charge on any atom is -0.493 e. The molecule has 4 rings (SSSR count). The van der Waals surface area contributed by atoms with E-state index in [2.05, 4.69) is 11.4 Å². The molecule has 0 spiro atoms. The molecule has 2 aliphatic heterocycles. The van der Waals surface area contributed by atoms with Crippen LogP contribution in [-0.2, 0) is 17.6 Å². The standard InChI is InChI=1S/C21H20N2O4/c1-13(10-14-6-7-18-15(11-14)8-9-27-18)22-19(24)12-23-20(25)16-4-2-3-5-17(16)21(23)26/h2-7,11,13H,8-10,12H2,1H3,(H,22,24). The van der Waals surface area contributed by atoms with Crippen LogP contribution in [0.3, 0.4) is 0 Å². The highest BCUT2D eigenvalue weighted by Crippen LogP contribution is 2.26. The van der Waals surface area contributed by atoms with Crippen LogP contribution in [0, 0.1) is 0 Å². The molecule has 2 aromatic carbocycles. The molecule has 1 unspecified atom stereocenters. The molecule has 6 nitrogen and oxygen atoms in total. The molecular formula is C21H20N2O4. The topological polar surface area (TPSA) is 75.7 Å². The number of benzene rings is 2. The Balaban J connectivity index is 1.36. The fraction of sp³-hybridized carbons (Fsp3) is 0.286. The molecule has 1 atom stereocenters. The first-order valence-corrected chi connectivity index (χ1v) is 9.02. The summed E-state index contributed by atoms with van der Waals surface area (Å²) in [6.07, 6.45) is 1.57. The minimum atomic E-state index is -0.419. The maximum absolute atomic E-state index is 12.4. The fourth-order valence-corrected chi connectivity index (χ4v) is 3.62. The predicted molar refractivity (Wildman–Crippen MR) is 98.8 cm³/mol. The van der Waals surface area contributed by atoms with Crippen molar-refractivity contribution < 1.29 is 19.1 Å². The molecule has 0 saturated heterocycles. The molecule has 2 heterocycles. The first-order valence-electron chi connectivity index (χ1n) is 9.02. The van der Waals surface area contributed by atoms with E-state index in [1.165, 1.54) is 5.56 Å². The smallest absolute Gasteiger partial charge is 0.262 e. The van der Waals surface area contributed by atoms with Crippen LogP contribution >= 0.6 is 0 Å². The maximum Gasteiger partial charge on any atom is 0.262 e. The van der Waals surface area contributed by atoms with E-state index >= 15 is 0 Å². The summed E-state index contributed by atoms with van der Waals surface area (Å²) < 4.78 is 5.51. The normalized spacial score (nSPS) is 16.0. The number of imide groups is 1. The second-order valence-electron chi connectivity index (χ2n) is 6.96. The Labute approximate surface area is 157 Å². The number of hydrogen-bond acceptors (Lipinski definition) is 4. The van der Waals surface area contributed by atoms with Gasteiger partial charge in [-0.3, -0.25) is 19.3 Å². The average molecular weight is 364 g/mol. The van der Waals surface area contributed by atoms with Gasteiger partial charge < -0.3 is 10.1 Å². The van der Waals surface area contributed by atoms with E-state index in [4.69, 9.17) is 4.74 Å². The summed E-state index contributed by atoms with van der Waals surface area (Å²) in [4.78, 5) is 38.0. The molecule has 0 aliphatic carbocycles. The second-order valence-corrected chi connectivity index (χ2v) is 6.96. The Bertz CT molecular complexity index is 903. The van der Waals surface area contributed by atoms with Crippen molar-refractivity contribution >= 4 is 17.7 Å². The molecule has 0 saturated carbocycles. The minimum absolute atomic E-state index is 0.118. The van der Waals surface area contributed by atoms with Crippen molar-refractivity contribution in [1.29, 1.82) is 0 Å². The number of nitrogens with one attached hydrogen (secondary N) is 1. The number of rotatable bonds is 5. The van der Waals surface area contributed by atoms with Gasteiger partial charge in [0.15, 0.2) is 0 Å². The van der Waals surface area contributed by atoms with Gasteiger partial charge in [-0.25, -0.2) is 0 Å². The Morgan fingerprint density at radius 1 is 1.15 bits per heavy atom. The molecule has 0 bridgehead atoms. The summed E-state index contributed by atoms with van der Waals surface area (Å²) in [6.45, 7) is 2.35. The van der Waals surface area contributed by atoms with Crippen molar-refractivity contribution in [2.45, 2.75) is 25.8 Å². The van der Waals surface area contributed by atoms with Gasteiger partial charge in [0.1, 0.15) is 12.3 Å². The third-order valence-corrected chi connectivity index (χ3v) is 4.88. The SMILES string of the molecule is CC(Cc1ccc2c(c1)CCO2)NC(=O)CN1C(=O)c2ccccc2C1=O. The summed E-state index contributed by atoms with van der Waals surface area (Å²) in [7, 11) is 0. The van der Waals surface area contributed by atoms with E-state index in [-0.39, 0.29) is 18.5 Å². The zero-order valence-corrected chi connectivity index (χ0v) is 15.0. The average Bonchev–Trinajstić information content (AvgIpc) is 3.20. The Morgan fingerprint density at radius 3 is 2.56 bits per heavy atom. The molecule has 2 aliphatic rings. The van der Waals surface area contributed by atoms with Gasteiger partial charge in [0.25, 0.3) is 11.8 Å². The van der Waals surface area contributed by atoms with Crippen molar-refractivity contribution in [2.75, 3.05) is 13.2 Å². The first kappa shape index (κ1) is 17.3. The van der Waals surface area contributed by atoms with Crippen LogP contribution in [0.25, 0.3) is 0 Å². The summed E-state index contributed by atoms with van der Waals surface area (Å²) in [5.74, 6) is -0.253. The van der Waals surface area contributed by atoms with Gasteiger partial charge in [0.05, 0.1) is 17.7 Å². The highest BCUT2D eigenvalue weighted by Gasteiger charge is 2.36. The number of ether oxygens (including phenoxy) is 1. The van der Waals surface area contributed by atoms with Crippen LogP contribution in [-0.4, -0.2) is 41.8 Å². The fourth-order valence-electron chi connectivity index (χ4n) is 3.62. The van der Waals surface area contributed by atoms with Crippen molar-refractivity contribution in [3.63, 3.8) is 0 Å². The zero-order chi connectivity index (χ0) is 19.0. The van der Waals surface area contributed by atoms with Crippen molar-refractivity contribution in [3.05, 3.63) is 64.7 Å². The first-order chi connectivity index (χ1) is 13.0. The summed E-state index contributed by atoms with van der Waals surface area (Å²) in [5, 5.41) is 2.87. The van der Waals surface area contributed by atoms with Crippen LogP contribution < -0.4 is 10.1 Å². The van der Waals surface area contributed by atoms with Crippen molar-refractivity contribution in [2.24, 2.45) is 0 Å². The predicted octanol–water partition coefficient (Wildman–Crippen LogP) is 1.96. The van der Waals surface area contributed by atoms with E-state index in [1.807, 2.05) is 19.1 Å². The van der Waals surface area contributed by atoms with Gasteiger partial charge in [-0.05, 0) is 42.7 Å². The number of nitrogens with zero attached hydrogens (tertiary/aromatic N) is 1. The molecule has 2 aromatic rings. The largest absolute Gasteiger partial charge is 0.493 e. The quantitative estimate of drug-likeness (QED) is 0.823. The summed E-state index contributed by atoms with van der Waals surface area (Å²) in [5.41, 5.74) is 3.01. The Hall–Kier alpha value is -3.15. The van der Waals surface area contributed by atoms with Crippen LogP contribution in [0.4, 0.5) is 0 Å². The van der Waals surface area contributed by atoms with Crippen molar-refractivity contribution in [1.82, 2.24) is 10.2 Å². The van der Waals surface area contributed by atoms with Gasteiger partial charge in [0.2, 0.25) is 5.91 Å². The molecule has 0 aromatic heterocycles. The summed E-state index contributed by atoms with van der Waals surface area (Å²) >= 11 is 0. The van der Waals surface area contributed by atoms with E-state index in [1.54, 1.807) is 24.3 Å². The van der Waals surface area contributed by atoms with Gasteiger partial charge in [-0.2, -0.15) is 0 Å². The molecule has 1 N–H and O–H groups in total. The lowest BCUT2D eigenvalue weighted by atomic mass is 10.0. The number of fused-ring (bicyclic) bond motifs is 2. The third-order valence-electron chi connectivity index (χ3n) is 4.88. The number of amides is 3. The molecule has 0 fully saturated rings. The van der Waals surface area contributed by atoms with Crippen LogP contribution in [0.5, 0.6) is 5.75 Å². The highest BCUT2D eigenvalue weighted by molar-refractivity contribution is 6.22. The van der Waals surface area contributed by atoms with Crippen molar-refractivity contribution in [3.8, 4) is 5.75 Å². The number of hydrogen-bond donors (Lipinski definition) is 1. The van der Waals surface area contributed by atoms with Gasteiger partial charge in [-0.15, -0.1) is 0 Å². The van der Waals surface area contributed by atoms with Gasteiger partial charge in [0, 0.05) is 12.5 Å². The second kappa shape index (κ2) is 6.87. The molecule has 0 radical (unpaired) electrons. The Kier molecular flexibility index (Phi) is 4.39. The lowest BCUT2D eigenvalue weighted by Crippen LogP contribution is -2.43. The molecule has 6 heteroatoms. The van der Waals surface area contributed by atoms with Crippen LogP contribution in [0.1, 0.15) is 38.8 Å². The maximum atomic E-state index is 12.4. The van der Waals surface area contributed by atoms with Crippen LogP contribution in [0.2, 0.25) is 0 Å². The molecule has 3 amide bonds. The summed E-state index contributed by atoms with van der Waals surface area (Å²) in [6, 6.07) is 12.6. The lowest BCUT2D eigenvalue weighted by molar-refractivity contribution is -0.122. The number of carbonyl (C=O) groups excluding carboxylic acids is 3. The molecule has 27 heavy (non-hydrogen) atoms. The van der Waals surface area contributed by atoms with E-state index < -0.39 is 11.8 Å². The van der Waals surface area contributed by atoms with Gasteiger partial charge >= 0.3 is 0 Å². The van der Waals surface area contributed by atoms with E-state index in [0.29, 0.717) is 24.2 Å². The Morgan fingerprint density at radius 2 is 1.85 bits per heavy atom. The highest BCUT2D eigenvalue weighted by atomic mass is 16.5. The zero-order valence-electron chi connectivity index (χ0n) is 15.0. The lowest BCUT2D eigenvalue weighted by Gasteiger charge is -2.18.